The second-order valence-electron chi connectivity index (χ2n) is 3.89. The molecule has 1 N–H and O–H groups in total. The third-order valence-electron chi connectivity index (χ3n) is 2.90. The molecular weight excluding hydrogens is 178 g/mol. The SMILES string of the molecule is CCN1CC(CCNC)N(C)CC1=O. The van der Waals surface area contributed by atoms with E-state index in [9.17, 15) is 4.79 Å². The van der Waals surface area contributed by atoms with Crippen LogP contribution in [0.1, 0.15) is 13.3 Å². The summed E-state index contributed by atoms with van der Waals surface area (Å²) in [5.74, 6) is 0.260. The molecule has 4 nitrogen and oxygen atoms in total. The van der Waals surface area contributed by atoms with E-state index < -0.39 is 0 Å². The van der Waals surface area contributed by atoms with E-state index in [1.807, 2.05) is 25.9 Å². The van der Waals surface area contributed by atoms with Crippen LogP contribution in [0, 0.1) is 0 Å². The predicted octanol–water partition coefficient (Wildman–Crippen LogP) is -0.242. The average molecular weight is 199 g/mol. The fraction of sp³-hybridized carbons (Fsp3) is 0.900. The van der Waals surface area contributed by atoms with Crippen molar-refractivity contribution in [3.8, 4) is 0 Å². The van der Waals surface area contributed by atoms with Crippen molar-refractivity contribution in [1.29, 1.82) is 0 Å². The number of hydrogen-bond donors (Lipinski definition) is 1. The predicted molar refractivity (Wildman–Crippen MR) is 57.2 cm³/mol. The largest absolute Gasteiger partial charge is 0.340 e. The molecule has 1 amide bonds. The summed E-state index contributed by atoms with van der Waals surface area (Å²) in [5.41, 5.74) is 0. The van der Waals surface area contributed by atoms with Crippen molar-refractivity contribution >= 4 is 5.91 Å². The van der Waals surface area contributed by atoms with Crippen LogP contribution in [0.4, 0.5) is 0 Å². The molecule has 1 rings (SSSR count). The van der Waals surface area contributed by atoms with Crippen LogP contribution in [0.15, 0.2) is 0 Å². The summed E-state index contributed by atoms with van der Waals surface area (Å²) >= 11 is 0. The quantitative estimate of drug-likeness (QED) is 0.678. The highest BCUT2D eigenvalue weighted by Gasteiger charge is 2.27. The lowest BCUT2D eigenvalue weighted by molar-refractivity contribution is -0.137. The summed E-state index contributed by atoms with van der Waals surface area (Å²) in [6, 6.07) is 0.514. The first-order valence-electron chi connectivity index (χ1n) is 5.31. The zero-order valence-electron chi connectivity index (χ0n) is 9.42. The Morgan fingerprint density at radius 3 is 2.86 bits per heavy atom. The summed E-state index contributed by atoms with van der Waals surface area (Å²) in [6.45, 7) is 5.34. The number of carbonyl (C=O) groups excluding carboxylic acids is 1. The Morgan fingerprint density at radius 2 is 2.29 bits per heavy atom. The Labute approximate surface area is 86.2 Å². The van der Waals surface area contributed by atoms with Gasteiger partial charge in [-0.2, -0.15) is 0 Å². The Balaban J connectivity index is 2.46. The van der Waals surface area contributed by atoms with Crippen LogP contribution in [-0.2, 0) is 4.79 Å². The van der Waals surface area contributed by atoms with Crippen LogP contribution in [0.5, 0.6) is 0 Å². The smallest absolute Gasteiger partial charge is 0.236 e. The molecule has 1 aliphatic heterocycles. The van der Waals surface area contributed by atoms with Crippen LogP contribution in [0.3, 0.4) is 0 Å². The zero-order chi connectivity index (χ0) is 10.6. The number of rotatable bonds is 4. The molecule has 0 aromatic heterocycles. The summed E-state index contributed by atoms with van der Waals surface area (Å²) in [4.78, 5) is 15.6. The van der Waals surface area contributed by atoms with Crippen molar-refractivity contribution in [2.75, 3.05) is 40.3 Å². The minimum atomic E-state index is 0.260. The lowest BCUT2D eigenvalue weighted by Gasteiger charge is -2.38. The van der Waals surface area contributed by atoms with Gasteiger partial charge in [0.25, 0.3) is 0 Å². The lowest BCUT2D eigenvalue weighted by atomic mass is 10.1. The first-order chi connectivity index (χ1) is 6.69. The molecule has 1 unspecified atom stereocenters. The van der Waals surface area contributed by atoms with Crippen molar-refractivity contribution in [1.82, 2.24) is 15.1 Å². The Morgan fingerprint density at radius 1 is 1.57 bits per heavy atom. The molecule has 1 saturated heterocycles. The average Bonchev–Trinajstić information content (AvgIpc) is 2.17. The molecule has 0 aliphatic carbocycles. The van der Waals surface area contributed by atoms with E-state index in [0.717, 1.165) is 26.1 Å². The fourth-order valence-corrected chi connectivity index (χ4v) is 1.87. The zero-order valence-corrected chi connectivity index (χ0v) is 9.42. The molecule has 1 fully saturated rings. The second-order valence-corrected chi connectivity index (χ2v) is 3.89. The topological polar surface area (TPSA) is 35.6 Å². The number of likely N-dealkylation sites (N-methyl/N-ethyl adjacent to an activating group) is 2. The number of amides is 1. The van der Waals surface area contributed by atoms with Gasteiger partial charge in [0.1, 0.15) is 0 Å². The minimum Gasteiger partial charge on any atom is -0.340 e. The number of nitrogens with one attached hydrogen (secondary N) is 1. The van der Waals surface area contributed by atoms with E-state index in [-0.39, 0.29) is 5.91 Å². The van der Waals surface area contributed by atoms with Crippen molar-refractivity contribution in [3.63, 3.8) is 0 Å². The molecule has 0 aromatic rings. The highest BCUT2D eigenvalue weighted by atomic mass is 16.2. The lowest BCUT2D eigenvalue weighted by Crippen LogP contribution is -2.55. The van der Waals surface area contributed by atoms with E-state index in [2.05, 4.69) is 10.2 Å². The van der Waals surface area contributed by atoms with Gasteiger partial charge in [-0.1, -0.05) is 0 Å². The van der Waals surface area contributed by atoms with E-state index in [4.69, 9.17) is 0 Å². The molecule has 1 aliphatic rings. The summed E-state index contributed by atoms with van der Waals surface area (Å²) in [6.07, 6.45) is 1.11. The van der Waals surface area contributed by atoms with Gasteiger partial charge in [0, 0.05) is 19.1 Å². The number of carbonyl (C=O) groups is 1. The molecule has 0 aromatic carbocycles. The number of hydrogen-bond acceptors (Lipinski definition) is 3. The van der Waals surface area contributed by atoms with E-state index in [1.165, 1.54) is 0 Å². The maximum atomic E-state index is 11.5. The van der Waals surface area contributed by atoms with Crippen molar-refractivity contribution in [2.45, 2.75) is 19.4 Å². The molecular formula is C10H21N3O. The van der Waals surface area contributed by atoms with E-state index in [1.54, 1.807) is 0 Å². The van der Waals surface area contributed by atoms with Gasteiger partial charge in [-0.3, -0.25) is 9.69 Å². The van der Waals surface area contributed by atoms with Gasteiger partial charge in [0.15, 0.2) is 0 Å². The monoisotopic (exact) mass is 199 g/mol. The van der Waals surface area contributed by atoms with Crippen molar-refractivity contribution in [3.05, 3.63) is 0 Å². The van der Waals surface area contributed by atoms with Gasteiger partial charge >= 0.3 is 0 Å². The molecule has 14 heavy (non-hydrogen) atoms. The van der Waals surface area contributed by atoms with Crippen LogP contribution in [0.25, 0.3) is 0 Å². The molecule has 0 radical (unpaired) electrons. The van der Waals surface area contributed by atoms with Gasteiger partial charge < -0.3 is 10.2 Å². The van der Waals surface area contributed by atoms with Gasteiger partial charge in [0.05, 0.1) is 6.54 Å². The number of nitrogens with zero attached hydrogens (tertiary/aromatic N) is 2. The van der Waals surface area contributed by atoms with E-state index in [0.29, 0.717) is 12.6 Å². The highest BCUT2D eigenvalue weighted by Crippen LogP contribution is 2.10. The van der Waals surface area contributed by atoms with Crippen LogP contribution in [-0.4, -0.2) is 62.0 Å². The molecule has 1 heterocycles. The third kappa shape index (κ3) is 2.69. The maximum Gasteiger partial charge on any atom is 0.236 e. The molecule has 0 bridgehead atoms. The van der Waals surface area contributed by atoms with Crippen LogP contribution < -0.4 is 5.32 Å². The maximum absolute atomic E-state index is 11.5. The van der Waals surface area contributed by atoms with Crippen LogP contribution in [0.2, 0.25) is 0 Å². The molecule has 82 valence electrons. The normalized spacial score (nSPS) is 24.4. The highest BCUT2D eigenvalue weighted by molar-refractivity contribution is 5.79. The minimum absolute atomic E-state index is 0.260. The third-order valence-corrected chi connectivity index (χ3v) is 2.90. The Hall–Kier alpha value is -0.610. The standard InChI is InChI=1S/C10H21N3O/c1-4-13-7-9(5-6-11-2)12(3)8-10(13)14/h9,11H,4-8H2,1-3H3. The molecule has 0 saturated carbocycles. The van der Waals surface area contributed by atoms with Gasteiger partial charge in [0.2, 0.25) is 5.91 Å². The molecule has 4 heteroatoms. The van der Waals surface area contributed by atoms with Gasteiger partial charge in [-0.05, 0) is 34.0 Å². The van der Waals surface area contributed by atoms with Crippen molar-refractivity contribution in [2.24, 2.45) is 0 Å². The summed E-state index contributed by atoms with van der Waals surface area (Å²) in [5, 5.41) is 3.15. The Kier molecular flexibility index (Phi) is 4.35. The summed E-state index contributed by atoms with van der Waals surface area (Å²) in [7, 11) is 4.00. The van der Waals surface area contributed by atoms with Gasteiger partial charge in [-0.15, -0.1) is 0 Å². The summed E-state index contributed by atoms with van der Waals surface area (Å²) < 4.78 is 0. The van der Waals surface area contributed by atoms with Gasteiger partial charge in [-0.25, -0.2) is 0 Å². The molecule has 1 atom stereocenters. The Bertz CT molecular complexity index is 196. The molecule has 0 spiro atoms. The first-order valence-corrected chi connectivity index (χ1v) is 5.31. The second kappa shape index (κ2) is 5.32. The van der Waals surface area contributed by atoms with Crippen molar-refractivity contribution < 1.29 is 4.79 Å². The van der Waals surface area contributed by atoms with E-state index >= 15 is 0 Å². The first kappa shape index (κ1) is 11.5. The van der Waals surface area contributed by atoms with Crippen LogP contribution >= 0.6 is 0 Å². The fourth-order valence-electron chi connectivity index (χ4n) is 1.87. The number of piperazine rings is 1.